The van der Waals surface area contributed by atoms with Crippen molar-refractivity contribution in [1.82, 2.24) is 9.97 Å². The molecule has 21 heavy (non-hydrogen) atoms. The van der Waals surface area contributed by atoms with Gasteiger partial charge in [0.2, 0.25) is 0 Å². The normalized spacial score (nSPS) is 10.9. The molecule has 1 heterocycles. The molecule has 1 aromatic carbocycles. The number of methoxy groups -OCH3 is 2. The van der Waals surface area contributed by atoms with Gasteiger partial charge in [0.05, 0.1) is 24.6 Å². The van der Waals surface area contributed by atoms with E-state index in [9.17, 15) is 4.39 Å². The Hall–Kier alpha value is -1.64. The van der Waals surface area contributed by atoms with Crippen molar-refractivity contribution < 1.29 is 18.6 Å². The van der Waals surface area contributed by atoms with Gasteiger partial charge in [-0.25, -0.2) is 9.37 Å². The highest BCUT2D eigenvalue weighted by Gasteiger charge is 2.23. The van der Waals surface area contributed by atoms with E-state index in [0.717, 1.165) is 0 Å². The summed E-state index contributed by atoms with van der Waals surface area (Å²) in [6.45, 7) is 0.493. The number of halogens is 2. The molecule has 2 rings (SSSR count). The summed E-state index contributed by atoms with van der Waals surface area (Å²) in [7, 11) is 2.82. The van der Waals surface area contributed by atoms with Crippen molar-refractivity contribution in [1.29, 1.82) is 0 Å². The van der Waals surface area contributed by atoms with E-state index in [1.165, 1.54) is 14.2 Å². The zero-order valence-electron chi connectivity index (χ0n) is 11.3. The molecule has 0 aliphatic carbocycles. The van der Waals surface area contributed by atoms with E-state index in [-0.39, 0.29) is 44.6 Å². The number of ether oxygens (including phenoxy) is 3. The first-order valence-corrected chi connectivity index (χ1v) is 6.66. The quantitative estimate of drug-likeness (QED) is 0.646. The molecule has 9 heteroatoms. The molecule has 0 fully saturated rings. The fraction of sp³-hybridized carbons (Fsp3) is 0.333. The zero-order valence-corrected chi connectivity index (χ0v) is 12.9. The third-order valence-corrected chi connectivity index (χ3v) is 3.30. The molecule has 0 saturated carbocycles. The predicted octanol–water partition coefficient (Wildman–Crippen LogP) is 2.70. The van der Waals surface area contributed by atoms with Crippen LogP contribution in [-0.2, 0) is 4.74 Å². The largest absolute Gasteiger partial charge is 0.490 e. The van der Waals surface area contributed by atoms with Crippen LogP contribution < -0.4 is 15.2 Å². The minimum Gasteiger partial charge on any atom is -0.490 e. The van der Waals surface area contributed by atoms with Gasteiger partial charge in [-0.1, -0.05) is 11.6 Å². The number of hydrogen-bond donors (Lipinski definition) is 2. The lowest BCUT2D eigenvalue weighted by molar-refractivity contribution is 0.144. The summed E-state index contributed by atoms with van der Waals surface area (Å²) in [6, 6.07) is 0. The highest BCUT2D eigenvalue weighted by atomic mass is 35.5. The van der Waals surface area contributed by atoms with Crippen LogP contribution in [0.1, 0.15) is 0 Å². The number of nitrogens with one attached hydrogen (secondary N) is 1. The number of nitrogens with two attached hydrogens (primary N) is 1. The maximum absolute atomic E-state index is 14.5. The van der Waals surface area contributed by atoms with Crippen LogP contribution in [0.15, 0.2) is 0 Å². The standard InChI is InChI=1S/C12H13ClFN3O3S/c1-18-3-4-20-9-6(13)8-5(7(14)10(9)19-2)11(15)17-12(21)16-8/h3-4H2,1-2H3,(H3,15,16,17,21). The summed E-state index contributed by atoms with van der Waals surface area (Å²) in [6.07, 6.45) is 0. The van der Waals surface area contributed by atoms with E-state index >= 15 is 0 Å². The number of rotatable bonds is 5. The second-order valence-corrected chi connectivity index (χ2v) is 4.77. The molecule has 3 N–H and O–H groups in total. The average Bonchev–Trinajstić information content (AvgIpc) is 2.43. The van der Waals surface area contributed by atoms with Crippen molar-refractivity contribution in [3.05, 3.63) is 15.6 Å². The molecule has 0 aliphatic rings. The third-order valence-electron chi connectivity index (χ3n) is 2.74. The molecule has 0 unspecified atom stereocenters. The third kappa shape index (κ3) is 2.87. The number of aromatic amines is 1. The summed E-state index contributed by atoms with van der Waals surface area (Å²) in [5, 5.41) is 0.115. The van der Waals surface area contributed by atoms with Gasteiger partial charge in [0.1, 0.15) is 17.4 Å². The summed E-state index contributed by atoms with van der Waals surface area (Å²) in [5.74, 6) is -0.893. The molecule has 2 aromatic rings. The lowest BCUT2D eigenvalue weighted by Gasteiger charge is -2.15. The van der Waals surface area contributed by atoms with Crippen molar-refractivity contribution in [2.24, 2.45) is 0 Å². The maximum Gasteiger partial charge on any atom is 0.199 e. The van der Waals surface area contributed by atoms with Gasteiger partial charge in [0, 0.05) is 7.11 Å². The van der Waals surface area contributed by atoms with Gasteiger partial charge in [0.15, 0.2) is 22.1 Å². The smallest absolute Gasteiger partial charge is 0.199 e. The number of H-pyrrole nitrogens is 1. The summed E-state index contributed by atoms with van der Waals surface area (Å²) in [4.78, 5) is 6.51. The Labute approximate surface area is 130 Å². The first-order valence-electron chi connectivity index (χ1n) is 5.87. The number of nitrogen functional groups attached to an aromatic ring is 1. The molecule has 0 spiro atoms. The second-order valence-electron chi connectivity index (χ2n) is 4.01. The lowest BCUT2D eigenvalue weighted by atomic mass is 10.2. The monoisotopic (exact) mass is 333 g/mol. The number of aromatic nitrogens is 2. The molecule has 0 bridgehead atoms. The van der Waals surface area contributed by atoms with Crippen LogP contribution in [0.4, 0.5) is 10.2 Å². The Balaban J connectivity index is 2.73. The van der Waals surface area contributed by atoms with Crippen LogP contribution in [0, 0.1) is 10.6 Å². The van der Waals surface area contributed by atoms with Crippen molar-refractivity contribution in [3.8, 4) is 11.5 Å². The number of nitrogens with zero attached hydrogens (tertiary/aromatic N) is 1. The average molecular weight is 334 g/mol. The zero-order chi connectivity index (χ0) is 15.6. The van der Waals surface area contributed by atoms with E-state index in [4.69, 9.17) is 43.8 Å². The first kappa shape index (κ1) is 15.7. The summed E-state index contributed by atoms with van der Waals surface area (Å²) >= 11 is 11.2. The Bertz CT molecular complexity index is 738. The van der Waals surface area contributed by atoms with Crippen molar-refractivity contribution in [3.63, 3.8) is 0 Å². The molecule has 1 aromatic heterocycles. The van der Waals surface area contributed by atoms with Gasteiger partial charge in [-0.3, -0.25) is 0 Å². The van der Waals surface area contributed by atoms with Crippen LogP contribution in [-0.4, -0.2) is 37.4 Å². The Morgan fingerprint density at radius 1 is 1.33 bits per heavy atom. The molecule has 0 saturated heterocycles. The summed E-state index contributed by atoms with van der Waals surface area (Å²) < 4.78 is 30.0. The van der Waals surface area contributed by atoms with Gasteiger partial charge in [0.25, 0.3) is 0 Å². The van der Waals surface area contributed by atoms with Gasteiger partial charge in [-0.2, -0.15) is 0 Å². The fourth-order valence-electron chi connectivity index (χ4n) is 1.84. The van der Waals surface area contributed by atoms with Crippen LogP contribution in [0.2, 0.25) is 5.02 Å². The topological polar surface area (TPSA) is 82.4 Å². The molecule has 0 atom stereocenters. The van der Waals surface area contributed by atoms with Crippen molar-refractivity contribution >= 4 is 40.5 Å². The van der Waals surface area contributed by atoms with Crippen molar-refractivity contribution in [2.45, 2.75) is 0 Å². The molecular formula is C12H13ClFN3O3S. The second kappa shape index (κ2) is 6.42. The van der Waals surface area contributed by atoms with Gasteiger partial charge in [-0.15, -0.1) is 0 Å². The minimum absolute atomic E-state index is 0.00421. The molecule has 0 radical (unpaired) electrons. The number of anilines is 1. The molecule has 0 amide bonds. The van der Waals surface area contributed by atoms with Crippen LogP contribution >= 0.6 is 23.8 Å². The Morgan fingerprint density at radius 2 is 2.05 bits per heavy atom. The maximum atomic E-state index is 14.5. The van der Waals surface area contributed by atoms with E-state index in [2.05, 4.69) is 9.97 Å². The highest BCUT2D eigenvalue weighted by molar-refractivity contribution is 7.71. The van der Waals surface area contributed by atoms with E-state index in [1.807, 2.05) is 0 Å². The Kier molecular flexibility index (Phi) is 4.81. The van der Waals surface area contributed by atoms with E-state index < -0.39 is 5.82 Å². The lowest BCUT2D eigenvalue weighted by Crippen LogP contribution is -2.08. The van der Waals surface area contributed by atoms with Crippen molar-refractivity contribution in [2.75, 3.05) is 33.2 Å². The molecule has 114 valence electrons. The van der Waals surface area contributed by atoms with E-state index in [1.54, 1.807) is 0 Å². The number of hydrogen-bond acceptors (Lipinski definition) is 6. The fourth-order valence-corrected chi connectivity index (χ4v) is 2.32. The predicted molar refractivity (Wildman–Crippen MR) is 80.2 cm³/mol. The van der Waals surface area contributed by atoms with Gasteiger partial charge < -0.3 is 24.9 Å². The Morgan fingerprint density at radius 3 is 2.67 bits per heavy atom. The molecule has 6 nitrogen and oxygen atoms in total. The number of fused-ring (bicyclic) bond motifs is 1. The molecular weight excluding hydrogens is 321 g/mol. The number of benzene rings is 1. The summed E-state index contributed by atoms with van der Waals surface area (Å²) in [5.41, 5.74) is 5.92. The first-order chi connectivity index (χ1) is 10.0. The minimum atomic E-state index is -0.722. The van der Waals surface area contributed by atoms with Crippen LogP contribution in [0.25, 0.3) is 10.9 Å². The van der Waals surface area contributed by atoms with E-state index in [0.29, 0.717) is 6.61 Å². The van der Waals surface area contributed by atoms with Crippen LogP contribution in [0.5, 0.6) is 11.5 Å². The van der Waals surface area contributed by atoms with Crippen LogP contribution in [0.3, 0.4) is 0 Å². The van der Waals surface area contributed by atoms with Gasteiger partial charge >= 0.3 is 0 Å². The van der Waals surface area contributed by atoms with Gasteiger partial charge in [-0.05, 0) is 12.2 Å². The molecule has 0 aliphatic heterocycles. The highest BCUT2D eigenvalue weighted by Crippen LogP contribution is 2.44. The SMILES string of the molecule is COCCOc1c(OC)c(F)c2c(N)nc(=S)[nH]c2c1Cl.